The minimum atomic E-state index is 0.231. The fraction of sp³-hybridized carbons (Fsp3) is 1.00. The van der Waals surface area contributed by atoms with E-state index < -0.39 is 0 Å². The number of piperidine rings is 1. The van der Waals surface area contributed by atoms with Crippen LogP contribution in [0.4, 0.5) is 0 Å². The van der Waals surface area contributed by atoms with Crippen LogP contribution in [0.25, 0.3) is 0 Å². The van der Waals surface area contributed by atoms with Gasteiger partial charge in [-0.05, 0) is 52.6 Å². The smallest absolute Gasteiger partial charge is 0.0594 e. The molecule has 4 heteroatoms. The Hall–Kier alpha value is -0.160. The third-order valence-electron chi connectivity index (χ3n) is 3.88. The summed E-state index contributed by atoms with van der Waals surface area (Å²) in [4.78, 5) is 2.56. The topological polar surface area (TPSA) is 36.5 Å². The van der Waals surface area contributed by atoms with Crippen LogP contribution in [-0.4, -0.2) is 62.4 Å². The molecule has 1 atom stereocenters. The van der Waals surface area contributed by atoms with Crippen LogP contribution in [-0.2, 0) is 4.74 Å². The van der Waals surface area contributed by atoms with Crippen molar-refractivity contribution in [1.29, 1.82) is 0 Å². The second kappa shape index (κ2) is 9.78. The standard InChI is InChI=1S/C17H37N3O/c1-15(2)18-8-11-21-12-10-20-9-6-7-16(14-20)13-19-17(3,4)5/h15-16,18-19H,6-14H2,1-5H3. The number of ether oxygens (including phenoxy) is 1. The van der Waals surface area contributed by atoms with Gasteiger partial charge >= 0.3 is 0 Å². The van der Waals surface area contributed by atoms with Crippen molar-refractivity contribution in [2.75, 3.05) is 45.9 Å². The molecule has 1 unspecified atom stereocenters. The summed E-state index contributed by atoms with van der Waals surface area (Å²) in [6, 6.07) is 0.548. The highest BCUT2D eigenvalue weighted by molar-refractivity contribution is 4.78. The Morgan fingerprint density at radius 1 is 1.24 bits per heavy atom. The van der Waals surface area contributed by atoms with Gasteiger partial charge in [0.25, 0.3) is 0 Å². The fourth-order valence-corrected chi connectivity index (χ4v) is 2.69. The molecule has 21 heavy (non-hydrogen) atoms. The third kappa shape index (κ3) is 10.2. The van der Waals surface area contributed by atoms with Crippen LogP contribution in [0.1, 0.15) is 47.5 Å². The highest BCUT2D eigenvalue weighted by Crippen LogP contribution is 2.16. The minimum Gasteiger partial charge on any atom is -0.379 e. The molecule has 0 spiro atoms. The Kier molecular flexibility index (Phi) is 8.79. The Bertz CT molecular complexity index is 263. The average molecular weight is 300 g/mol. The summed E-state index contributed by atoms with van der Waals surface area (Å²) in [5.74, 6) is 0.792. The first-order valence-electron chi connectivity index (χ1n) is 8.65. The van der Waals surface area contributed by atoms with Gasteiger partial charge in [0.05, 0.1) is 13.2 Å². The van der Waals surface area contributed by atoms with E-state index in [4.69, 9.17) is 4.74 Å². The predicted molar refractivity (Wildman–Crippen MR) is 90.9 cm³/mol. The van der Waals surface area contributed by atoms with Crippen molar-refractivity contribution in [2.24, 2.45) is 5.92 Å². The maximum Gasteiger partial charge on any atom is 0.0594 e. The molecule has 0 radical (unpaired) electrons. The van der Waals surface area contributed by atoms with Gasteiger partial charge in [0.2, 0.25) is 0 Å². The summed E-state index contributed by atoms with van der Waals surface area (Å²) >= 11 is 0. The second-order valence-corrected chi connectivity index (χ2v) is 7.66. The lowest BCUT2D eigenvalue weighted by molar-refractivity contribution is 0.0843. The summed E-state index contributed by atoms with van der Waals surface area (Å²) < 4.78 is 5.72. The van der Waals surface area contributed by atoms with Crippen molar-refractivity contribution in [3.63, 3.8) is 0 Å². The normalized spacial score (nSPS) is 21.1. The zero-order chi connectivity index (χ0) is 15.7. The van der Waals surface area contributed by atoms with Gasteiger partial charge in [-0.3, -0.25) is 0 Å². The van der Waals surface area contributed by atoms with Crippen molar-refractivity contribution in [2.45, 2.75) is 59.0 Å². The zero-order valence-corrected chi connectivity index (χ0v) is 14.9. The van der Waals surface area contributed by atoms with Crippen LogP contribution in [0, 0.1) is 5.92 Å². The van der Waals surface area contributed by atoms with E-state index in [2.05, 4.69) is 50.2 Å². The van der Waals surface area contributed by atoms with Gasteiger partial charge in [-0.15, -0.1) is 0 Å². The van der Waals surface area contributed by atoms with E-state index in [0.29, 0.717) is 6.04 Å². The number of likely N-dealkylation sites (tertiary alicyclic amines) is 1. The molecule has 0 aliphatic carbocycles. The zero-order valence-electron chi connectivity index (χ0n) is 14.9. The van der Waals surface area contributed by atoms with Crippen LogP contribution in [0.2, 0.25) is 0 Å². The molecule has 2 N–H and O–H groups in total. The minimum absolute atomic E-state index is 0.231. The molecular weight excluding hydrogens is 262 g/mol. The first-order valence-corrected chi connectivity index (χ1v) is 8.65. The number of nitrogens with zero attached hydrogens (tertiary/aromatic N) is 1. The van der Waals surface area contributed by atoms with Gasteiger partial charge in [0.15, 0.2) is 0 Å². The largest absolute Gasteiger partial charge is 0.379 e. The molecule has 4 nitrogen and oxygen atoms in total. The Labute approximate surface area is 132 Å². The molecule has 0 bridgehead atoms. The summed E-state index contributed by atoms with van der Waals surface area (Å²) in [6.45, 7) is 18.4. The van der Waals surface area contributed by atoms with Gasteiger partial charge < -0.3 is 20.3 Å². The summed E-state index contributed by atoms with van der Waals surface area (Å²) in [5.41, 5.74) is 0.231. The molecule has 1 fully saturated rings. The lowest BCUT2D eigenvalue weighted by Gasteiger charge is -2.34. The van der Waals surface area contributed by atoms with E-state index in [9.17, 15) is 0 Å². The van der Waals surface area contributed by atoms with Crippen LogP contribution in [0.3, 0.4) is 0 Å². The fourth-order valence-electron chi connectivity index (χ4n) is 2.69. The SMILES string of the molecule is CC(C)NCCOCCN1CCCC(CNC(C)(C)C)C1. The van der Waals surface area contributed by atoms with E-state index in [1.165, 1.54) is 25.9 Å². The van der Waals surface area contributed by atoms with Crippen LogP contribution in [0.5, 0.6) is 0 Å². The van der Waals surface area contributed by atoms with Gasteiger partial charge in [-0.1, -0.05) is 13.8 Å². The Morgan fingerprint density at radius 3 is 2.67 bits per heavy atom. The molecule has 0 saturated carbocycles. The second-order valence-electron chi connectivity index (χ2n) is 7.66. The number of rotatable bonds is 9. The van der Waals surface area contributed by atoms with E-state index in [-0.39, 0.29) is 5.54 Å². The van der Waals surface area contributed by atoms with Crippen molar-refractivity contribution in [3.8, 4) is 0 Å². The van der Waals surface area contributed by atoms with E-state index in [1.807, 2.05) is 0 Å². The van der Waals surface area contributed by atoms with Crippen molar-refractivity contribution < 1.29 is 4.74 Å². The van der Waals surface area contributed by atoms with E-state index in [1.54, 1.807) is 0 Å². The number of hydrogen-bond acceptors (Lipinski definition) is 4. The quantitative estimate of drug-likeness (QED) is 0.639. The molecule has 0 amide bonds. The highest BCUT2D eigenvalue weighted by atomic mass is 16.5. The van der Waals surface area contributed by atoms with Gasteiger partial charge in [0.1, 0.15) is 0 Å². The molecule has 1 aliphatic heterocycles. The molecule has 0 aromatic rings. The summed E-state index contributed by atoms with van der Waals surface area (Å²) in [7, 11) is 0. The number of nitrogens with one attached hydrogen (secondary N) is 2. The molecule has 126 valence electrons. The average Bonchev–Trinajstić information content (AvgIpc) is 2.40. The van der Waals surface area contributed by atoms with E-state index >= 15 is 0 Å². The lowest BCUT2D eigenvalue weighted by atomic mass is 9.96. The van der Waals surface area contributed by atoms with Gasteiger partial charge in [0, 0.05) is 31.2 Å². The van der Waals surface area contributed by atoms with Gasteiger partial charge in [-0.25, -0.2) is 0 Å². The van der Waals surface area contributed by atoms with Crippen LogP contribution < -0.4 is 10.6 Å². The summed E-state index contributed by atoms with van der Waals surface area (Å²) in [5, 5.41) is 7.02. The maximum atomic E-state index is 5.72. The van der Waals surface area contributed by atoms with Crippen LogP contribution >= 0.6 is 0 Å². The number of hydrogen-bond donors (Lipinski definition) is 2. The Morgan fingerprint density at radius 2 is 2.00 bits per heavy atom. The lowest BCUT2D eigenvalue weighted by Crippen LogP contribution is -2.45. The highest BCUT2D eigenvalue weighted by Gasteiger charge is 2.21. The van der Waals surface area contributed by atoms with E-state index in [0.717, 1.165) is 38.8 Å². The third-order valence-corrected chi connectivity index (χ3v) is 3.88. The van der Waals surface area contributed by atoms with Crippen molar-refractivity contribution in [1.82, 2.24) is 15.5 Å². The molecule has 1 aliphatic rings. The molecule has 1 heterocycles. The maximum absolute atomic E-state index is 5.72. The molecule has 1 rings (SSSR count). The molecule has 0 aromatic carbocycles. The first-order chi connectivity index (χ1) is 9.87. The molecular formula is C17H37N3O. The van der Waals surface area contributed by atoms with Gasteiger partial charge in [-0.2, -0.15) is 0 Å². The summed E-state index contributed by atoms with van der Waals surface area (Å²) in [6.07, 6.45) is 2.68. The van der Waals surface area contributed by atoms with Crippen molar-refractivity contribution >= 4 is 0 Å². The van der Waals surface area contributed by atoms with Crippen LogP contribution in [0.15, 0.2) is 0 Å². The monoisotopic (exact) mass is 299 g/mol. The first kappa shape index (κ1) is 18.9. The van der Waals surface area contributed by atoms with Crippen molar-refractivity contribution in [3.05, 3.63) is 0 Å². The predicted octanol–water partition coefficient (Wildman–Crippen LogP) is 2.10. The Balaban J connectivity index is 2.07. The molecule has 1 saturated heterocycles. The molecule has 0 aromatic heterocycles.